The molecule has 0 saturated heterocycles. The summed E-state index contributed by atoms with van der Waals surface area (Å²) in [4.78, 5) is 10.7. The van der Waals surface area contributed by atoms with E-state index in [1.807, 2.05) is 0 Å². The second-order valence-electron chi connectivity index (χ2n) is 4.52. The van der Waals surface area contributed by atoms with E-state index in [1.165, 1.54) is 12.8 Å². The lowest BCUT2D eigenvalue weighted by molar-refractivity contribution is -0.396. The lowest BCUT2D eigenvalue weighted by Crippen LogP contribution is -3.00. The van der Waals surface area contributed by atoms with Crippen LogP contribution >= 0.6 is 0 Å². The summed E-state index contributed by atoms with van der Waals surface area (Å²) in [7, 11) is 0. The van der Waals surface area contributed by atoms with Crippen molar-refractivity contribution in [1.82, 2.24) is 0 Å². The largest absolute Gasteiger partial charge is 1.00 e. The number of aliphatic carboxylic acids is 1. The molecule has 0 aliphatic heterocycles. The number of carboxylic acid groups (broad SMARTS) is 1. The number of halogens is 1. The van der Waals surface area contributed by atoms with E-state index in [0.29, 0.717) is 12.3 Å². The zero-order valence-electron chi connectivity index (χ0n) is 8.76. The van der Waals surface area contributed by atoms with E-state index in [9.17, 15) is 4.79 Å². The van der Waals surface area contributed by atoms with E-state index in [1.54, 1.807) is 0 Å². The second-order valence-corrected chi connectivity index (χ2v) is 4.52. The SMILES string of the molecule is C[C@@H]1CCC[C@](C[NH3+])(CC(=O)O)C1.[Cl-]. The van der Waals surface area contributed by atoms with Crippen LogP contribution in [-0.2, 0) is 4.79 Å². The molecule has 14 heavy (non-hydrogen) atoms. The molecule has 0 bridgehead atoms. The maximum absolute atomic E-state index is 10.7. The van der Waals surface area contributed by atoms with Crippen LogP contribution in [0.15, 0.2) is 0 Å². The molecular formula is C10H20ClNO2. The Hall–Kier alpha value is -0.280. The van der Waals surface area contributed by atoms with Crippen molar-refractivity contribution in [3.05, 3.63) is 0 Å². The molecule has 0 unspecified atom stereocenters. The molecular weight excluding hydrogens is 202 g/mol. The highest BCUT2D eigenvalue weighted by Gasteiger charge is 2.37. The molecule has 0 aromatic carbocycles. The maximum Gasteiger partial charge on any atom is 0.304 e. The molecule has 1 rings (SSSR count). The van der Waals surface area contributed by atoms with Gasteiger partial charge in [-0.3, -0.25) is 4.79 Å². The molecule has 0 aromatic rings. The third kappa shape index (κ3) is 3.46. The van der Waals surface area contributed by atoms with Gasteiger partial charge in [-0.15, -0.1) is 0 Å². The Morgan fingerprint density at radius 3 is 2.71 bits per heavy atom. The molecule has 0 heterocycles. The van der Waals surface area contributed by atoms with Gasteiger partial charge < -0.3 is 23.2 Å². The smallest absolute Gasteiger partial charge is 0.304 e. The first-order valence-electron chi connectivity index (χ1n) is 5.09. The molecule has 3 nitrogen and oxygen atoms in total. The van der Waals surface area contributed by atoms with Crippen LogP contribution in [0.4, 0.5) is 0 Å². The second kappa shape index (κ2) is 5.56. The van der Waals surface area contributed by atoms with E-state index in [2.05, 4.69) is 12.7 Å². The Balaban J connectivity index is 0.00000169. The summed E-state index contributed by atoms with van der Waals surface area (Å²) >= 11 is 0. The summed E-state index contributed by atoms with van der Waals surface area (Å²) in [6, 6.07) is 0. The summed E-state index contributed by atoms with van der Waals surface area (Å²) in [6.07, 6.45) is 4.82. The third-order valence-corrected chi connectivity index (χ3v) is 3.24. The molecule has 4 heteroatoms. The van der Waals surface area contributed by atoms with Gasteiger partial charge in [0.2, 0.25) is 0 Å². The molecule has 2 atom stereocenters. The summed E-state index contributed by atoms with van der Waals surface area (Å²) in [5, 5.41) is 8.82. The van der Waals surface area contributed by atoms with E-state index in [0.717, 1.165) is 19.4 Å². The van der Waals surface area contributed by atoms with Gasteiger partial charge in [0.05, 0.1) is 13.0 Å². The lowest BCUT2D eigenvalue weighted by atomic mass is 9.68. The van der Waals surface area contributed by atoms with Crippen molar-refractivity contribution < 1.29 is 28.0 Å². The minimum atomic E-state index is -0.669. The molecule has 1 fully saturated rings. The Kier molecular flexibility index (Phi) is 5.45. The fraction of sp³-hybridized carbons (Fsp3) is 0.900. The first-order valence-corrected chi connectivity index (χ1v) is 5.09. The van der Waals surface area contributed by atoms with E-state index >= 15 is 0 Å². The number of carboxylic acids is 1. The zero-order chi connectivity index (χ0) is 9.90. The normalized spacial score (nSPS) is 32.0. The number of quaternary nitrogens is 1. The molecule has 4 N–H and O–H groups in total. The Labute approximate surface area is 91.5 Å². The summed E-state index contributed by atoms with van der Waals surface area (Å²) in [6.45, 7) is 2.98. The lowest BCUT2D eigenvalue weighted by Gasteiger charge is -2.36. The Morgan fingerprint density at radius 2 is 2.29 bits per heavy atom. The van der Waals surface area contributed by atoms with Gasteiger partial charge in [0.1, 0.15) is 0 Å². The predicted octanol–water partition coefficient (Wildman–Crippen LogP) is -2.10. The van der Waals surface area contributed by atoms with Gasteiger partial charge in [-0.2, -0.15) is 0 Å². The van der Waals surface area contributed by atoms with Gasteiger partial charge in [0, 0.05) is 5.41 Å². The van der Waals surface area contributed by atoms with Crippen molar-refractivity contribution in [1.29, 1.82) is 0 Å². The molecule has 1 aliphatic carbocycles. The van der Waals surface area contributed by atoms with Crippen LogP contribution in [0.5, 0.6) is 0 Å². The molecule has 1 aliphatic rings. The van der Waals surface area contributed by atoms with Crippen molar-refractivity contribution >= 4 is 5.97 Å². The predicted molar refractivity (Wildman–Crippen MR) is 50.1 cm³/mol. The fourth-order valence-electron chi connectivity index (χ4n) is 2.57. The number of hydrogen-bond acceptors (Lipinski definition) is 1. The van der Waals surface area contributed by atoms with Crippen LogP contribution in [0.25, 0.3) is 0 Å². The maximum atomic E-state index is 10.7. The molecule has 0 aromatic heterocycles. The van der Waals surface area contributed by atoms with Crippen LogP contribution in [0.2, 0.25) is 0 Å². The number of hydrogen-bond donors (Lipinski definition) is 2. The standard InChI is InChI=1S/C10H19NO2.ClH/c1-8-3-2-4-10(5-8,7-11)6-9(12)13;/h8H,2-7,11H2,1H3,(H,12,13);1H/t8-,10-;/m1./s1. The van der Waals surface area contributed by atoms with Crippen molar-refractivity contribution in [3.8, 4) is 0 Å². The van der Waals surface area contributed by atoms with E-state index < -0.39 is 5.97 Å². The van der Waals surface area contributed by atoms with Crippen molar-refractivity contribution in [2.24, 2.45) is 11.3 Å². The minimum absolute atomic E-state index is 0. The first-order chi connectivity index (χ1) is 6.08. The van der Waals surface area contributed by atoms with Gasteiger partial charge in [0.15, 0.2) is 0 Å². The highest BCUT2D eigenvalue weighted by atomic mass is 35.5. The third-order valence-electron chi connectivity index (χ3n) is 3.24. The summed E-state index contributed by atoms with van der Waals surface area (Å²) in [5.74, 6) is 0.00704. The average Bonchev–Trinajstić information content (AvgIpc) is 2.03. The number of carbonyl (C=O) groups is 1. The first kappa shape index (κ1) is 13.7. The zero-order valence-corrected chi connectivity index (χ0v) is 9.52. The number of rotatable bonds is 3. The van der Waals surface area contributed by atoms with E-state index in [-0.39, 0.29) is 17.8 Å². The van der Waals surface area contributed by atoms with Gasteiger partial charge in [0.25, 0.3) is 0 Å². The molecule has 0 radical (unpaired) electrons. The Morgan fingerprint density at radius 1 is 1.64 bits per heavy atom. The van der Waals surface area contributed by atoms with Crippen LogP contribution in [0, 0.1) is 11.3 Å². The molecule has 0 spiro atoms. The molecule has 0 amide bonds. The van der Waals surface area contributed by atoms with Gasteiger partial charge in [-0.25, -0.2) is 0 Å². The van der Waals surface area contributed by atoms with Crippen molar-refractivity contribution in [2.45, 2.75) is 39.0 Å². The molecule has 1 saturated carbocycles. The topological polar surface area (TPSA) is 64.9 Å². The summed E-state index contributed by atoms with van der Waals surface area (Å²) < 4.78 is 0. The van der Waals surface area contributed by atoms with Crippen LogP contribution in [0.3, 0.4) is 0 Å². The van der Waals surface area contributed by atoms with Crippen molar-refractivity contribution in [2.75, 3.05) is 6.54 Å². The van der Waals surface area contributed by atoms with Crippen molar-refractivity contribution in [3.63, 3.8) is 0 Å². The highest BCUT2D eigenvalue weighted by Crippen LogP contribution is 2.40. The van der Waals surface area contributed by atoms with Crippen LogP contribution in [0.1, 0.15) is 39.0 Å². The highest BCUT2D eigenvalue weighted by molar-refractivity contribution is 5.67. The van der Waals surface area contributed by atoms with Crippen LogP contribution in [-0.4, -0.2) is 17.6 Å². The van der Waals surface area contributed by atoms with Crippen LogP contribution < -0.4 is 18.1 Å². The summed E-state index contributed by atoms with van der Waals surface area (Å²) in [5.41, 5.74) is 3.91. The van der Waals surface area contributed by atoms with Gasteiger partial charge in [-0.05, 0) is 18.8 Å². The Bertz CT molecular complexity index is 199. The average molecular weight is 222 g/mol. The van der Waals surface area contributed by atoms with Gasteiger partial charge in [-0.1, -0.05) is 19.8 Å². The minimum Gasteiger partial charge on any atom is -1.00 e. The fourth-order valence-corrected chi connectivity index (χ4v) is 2.57. The van der Waals surface area contributed by atoms with Gasteiger partial charge >= 0.3 is 5.97 Å². The monoisotopic (exact) mass is 221 g/mol. The van der Waals surface area contributed by atoms with E-state index in [4.69, 9.17) is 5.11 Å². The quantitative estimate of drug-likeness (QED) is 0.574. The molecule has 84 valence electrons.